The first-order valence-corrected chi connectivity index (χ1v) is 9.38. The van der Waals surface area contributed by atoms with Gasteiger partial charge < -0.3 is 19.3 Å². The number of nitrogens with one attached hydrogen (secondary N) is 1. The largest absolute Gasteiger partial charge is 0.495 e. The maximum atomic E-state index is 12.9. The van der Waals surface area contributed by atoms with Crippen LogP contribution in [0.25, 0.3) is 10.6 Å². The lowest BCUT2D eigenvalue weighted by molar-refractivity contribution is 0.102. The number of amides is 1. The second-order valence-electron chi connectivity index (χ2n) is 5.21. The number of aromatic nitrogens is 1. The van der Waals surface area contributed by atoms with Crippen molar-refractivity contribution < 1.29 is 18.8 Å². The molecule has 0 aliphatic rings. The molecule has 0 unspecified atom stereocenters. The Kier molecular flexibility index (Phi) is 5.55. The van der Waals surface area contributed by atoms with Crippen LogP contribution in [-0.4, -0.2) is 25.3 Å². The van der Waals surface area contributed by atoms with Crippen LogP contribution in [0.2, 0.25) is 5.02 Å². The van der Waals surface area contributed by atoms with Gasteiger partial charge in [-0.3, -0.25) is 4.79 Å². The molecule has 0 spiro atoms. The molecule has 0 aliphatic carbocycles. The summed E-state index contributed by atoms with van der Waals surface area (Å²) < 4.78 is 16.6. The summed E-state index contributed by atoms with van der Waals surface area (Å²) in [6.07, 6.45) is 0. The molecule has 26 heavy (non-hydrogen) atoms. The van der Waals surface area contributed by atoms with Crippen LogP contribution < -0.4 is 14.8 Å². The minimum Gasteiger partial charge on any atom is -0.495 e. The first kappa shape index (κ1) is 18.8. The molecule has 6 nitrogen and oxygen atoms in total. The number of thiophene rings is 1. The minimum absolute atomic E-state index is 0.355. The standard InChI is InChI=1S/C17H14BrClN2O4S/c1-8-15(16(21-25-8)13-4-5-14(18)26-13)17(22)20-10-6-9(19)11(23-2)7-12(10)24-3/h4-7H,1-3H3,(H,20,22). The lowest BCUT2D eigenvalue weighted by atomic mass is 10.1. The lowest BCUT2D eigenvalue weighted by Gasteiger charge is -2.13. The summed E-state index contributed by atoms with van der Waals surface area (Å²) >= 11 is 11.0. The zero-order valence-electron chi connectivity index (χ0n) is 14.1. The van der Waals surface area contributed by atoms with Gasteiger partial charge in [-0.05, 0) is 41.1 Å². The average molecular weight is 458 g/mol. The maximum absolute atomic E-state index is 12.9. The summed E-state index contributed by atoms with van der Waals surface area (Å²) in [5.74, 6) is 0.921. The SMILES string of the molecule is COc1cc(OC)c(NC(=O)c2c(-c3ccc(Br)s3)noc2C)cc1Cl. The van der Waals surface area contributed by atoms with Gasteiger partial charge in [-0.15, -0.1) is 11.3 Å². The number of anilines is 1. The van der Waals surface area contributed by atoms with Crippen molar-refractivity contribution in [3.05, 3.63) is 44.4 Å². The van der Waals surface area contributed by atoms with Crippen LogP contribution in [0, 0.1) is 6.92 Å². The smallest absolute Gasteiger partial charge is 0.261 e. The molecule has 0 bridgehead atoms. The van der Waals surface area contributed by atoms with Gasteiger partial charge in [0.15, 0.2) is 0 Å². The fraction of sp³-hybridized carbons (Fsp3) is 0.176. The highest BCUT2D eigenvalue weighted by atomic mass is 79.9. The summed E-state index contributed by atoms with van der Waals surface area (Å²) in [5.41, 5.74) is 1.25. The molecule has 0 fully saturated rings. The Balaban J connectivity index is 1.97. The maximum Gasteiger partial charge on any atom is 0.261 e. The number of rotatable bonds is 5. The zero-order valence-corrected chi connectivity index (χ0v) is 17.2. The Morgan fingerprint density at radius 2 is 2.00 bits per heavy atom. The van der Waals surface area contributed by atoms with Gasteiger partial charge >= 0.3 is 0 Å². The molecule has 3 aromatic rings. The van der Waals surface area contributed by atoms with Gasteiger partial charge in [-0.1, -0.05) is 16.8 Å². The summed E-state index contributed by atoms with van der Waals surface area (Å²) in [7, 11) is 3.00. The molecule has 1 aromatic carbocycles. The van der Waals surface area contributed by atoms with Gasteiger partial charge in [-0.2, -0.15) is 0 Å². The molecular weight excluding hydrogens is 444 g/mol. The van der Waals surface area contributed by atoms with Crippen molar-refractivity contribution in [3.63, 3.8) is 0 Å². The number of methoxy groups -OCH3 is 2. The van der Waals surface area contributed by atoms with Crippen molar-refractivity contribution in [1.82, 2.24) is 5.16 Å². The van der Waals surface area contributed by atoms with Crippen LogP contribution in [0.3, 0.4) is 0 Å². The molecule has 1 N–H and O–H groups in total. The van der Waals surface area contributed by atoms with Crippen LogP contribution >= 0.6 is 38.9 Å². The summed E-state index contributed by atoms with van der Waals surface area (Å²) in [5, 5.41) is 7.18. The summed E-state index contributed by atoms with van der Waals surface area (Å²) in [6, 6.07) is 6.93. The van der Waals surface area contributed by atoms with Crippen LogP contribution in [0.1, 0.15) is 16.1 Å². The Morgan fingerprint density at radius 1 is 1.27 bits per heavy atom. The number of carbonyl (C=O) groups excluding carboxylic acids is 1. The monoisotopic (exact) mass is 456 g/mol. The Morgan fingerprint density at radius 3 is 2.62 bits per heavy atom. The van der Waals surface area contributed by atoms with Gasteiger partial charge in [0, 0.05) is 6.07 Å². The number of carbonyl (C=O) groups is 1. The molecule has 3 rings (SSSR count). The van der Waals surface area contributed by atoms with E-state index in [0.717, 1.165) is 8.66 Å². The fourth-order valence-corrected chi connectivity index (χ4v) is 4.01. The van der Waals surface area contributed by atoms with Gasteiger partial charge in [0.05, 0.1) is 33.6 Å². The zero-order chi connectivity index (χ0) is 18.8. The van der Waals surface area contributed by atoms with Gasteiger partial charge in [0.2, 0.25) is 0 Å². The Labute approximate surface area is 167 Å². The third-order valence-electron chi connectivity index (χ3n) is 3.62. The number of nitrogens with zero attached hydrogens (tertiary/aromatic N) is 1. The highest BCUT2D eigenvalue weighted by molar-refractivity contribution is 9.11. The van der Waals surface area contributed by atoms with Crippen molar-refractivity contribution in [2.45, 2.75) is 6.92 Å². The van der Waals surface area contributed by atoms with E-state index in [9.17, 15) is 4.79 Å². The van der Waals surface area contributed by atoms with Crippen LogP contribution in [0.15, 0.2) is 32.6 Å². The van der Waals surface area contributed by atoms with E-state index in [4.69, 9.17) is 25.6 Å². The van der Waals surface area contributed by atoms with E-state index in [1.807, 2.05) is 12.1 Å². The van der Waals surface area contributed by atoms with E-state index in [0.29, 0.717) is 39.2 Å². The lowest BCUT2D eigenvalue weighted by Crippen LogP contribution is -2.14. The third kappa shape index (κ3) is 3.58. The molecule has 0 aliphatic heterocycles. The number of benzene rings is 1. The van der Waals surface area contributed by atoms with Crippen molar-refractivity contribution in [3.8, 4) is 22.1 Å². The van der Waals surface area contributed by atoms with E-state index in [-0.39, 0.29) is 5.91 Å². The quantitative estimate of drug-likeness (QED) is 0.555. The number of hydrogen-bond donors (Lipinski definition) is 1. The first-order chi connectivity index (χ1) is 12.4. The Hall–Kier alpha value is -2.03. The first-order valence-electron chi connectivity index (χ1n) is 7.39. The summed E-state index contributed by atoms with van der Waals surface area (Å²) in [4.78, 5) is 13.7. The molecule has 0 saturated carbocycles. The second kappa shape index (κ2) is 7.69. The topological polar surface area (TPSA) is 73.6 Å². The second-order valence-corrected chi connectivity index (χ2v) is 8.08. The molecule has 0 saturated heterocycles. The van der Waals surface area contributed by atoms with Crippen molar-refractivity contribution in [2.24, 2.45) is 0 Å². The van der Waals surface area contributed by atoms with Crippen molar-refractivity contribution >= 4 is 50.5 Å². The molecule has 2 aromatic heterocycles. The average Bonchev–Trinajstić information content (AvgIpc) is 3.20. The van der Waals surface area contributed by atoms with Gasteiger partial charge in [-0.25, -0.2) is 0 Å². The van der Waals surface area contributed by atoms with E-state index in [2.05, 4.69) is 26.4 Å². The van der Waals surface area contributed by atoms with E-state index < -0.39 is 0 Å². The molecular formula is C17H14BrClN2O4S. The fourth-order valence-electron chi connectivity index (χ4n) is 2.39. The van der Waals surface area contributed by atoms with Crippen molar-refractivity contribution in [2.75, 3.05) is 19.5 Å². The predicted molar refractivity (Wildman–Crippen MR) is 105 cm³/mol. The summed E-state index contributed by atoms with van der Waals surface area (Å²) in [6.45, 7) is 1.69. The van der Waals surface area contributed by atoms with Crippen LogP contribution in [0.5, 0.6) is 11.5 Å². The van der Waals surface area contributed by atoms with E-state index >= 15 is 0 Å². The minimum atomic E-state index is -0.372. The highest BCUT2D eigenvalue weighted by Gasteiger charge is 2.24. The number of halogens is 2. The molecule has 2 heterocycles. The third-order valence-corrected chi connectivity index (χ3v) is 5.54. The number of hydrogen-bond acceptors (Lipinski definition) is 6. The highest BCUT2D eigenvalue weighted by Crippen LogP contribution is 2.37. The molecule has 0 atom stereocenters. The predicted octanol–water partition coefficient (Wildman–Crippen LogP) is 5.40. The van der Waals surface area contributed by atoms with Crippen molar-refractivity contribution in [1.29, 1.82) is 0 Å². The molecule has 0 radical (unpaired) electrons. The number of aryl methyl sites for hydroxylation is 1. The van der Waals surface area contributed by atoms with Crippen LogP contribution in [-0.2, 0) is 0 Å². The normalized spacial score (nSPS) is 10.7. The van der Waals surface area contributed by atoms with E-state index in [1.54, 1.807) is 19.1 Å². The van der Waals surface area contributed by atoms with Crippen LogP contribution in [0.4, 0.5) is 5.69 Å². The molecule has 1 amide bonds. The Bertz CT molecular complexity index is 970. The molecule has 9 heteroatoms. The van der Waals surface area contributed by atoms with Gasteiger partial charge in [0.25, 0.3) is 5.91 Å². The van der Waals surface area contributed by atoms with E-state index in [1.165, 1.54) is 25.6 Å². The van der Waals surface area contributed by atoms with Gasteiger partial charge in [0.1, 0.15) is 28.5 Å². The number of ether oxygens (including phenoxy) is 2. The molecule has 136 valence electrons.